The van der Waals surface area contributed by atoms with Crippen molar-refractivity contribution < 1.29 is 8.42 Å². The van der Waals surface area contributed by atoms with Gasteiger partial charge in [-0.3, -0.25) is 5.10 Å². The van der Waals surface area contributed by atoms with Crippen molar-refractivity contribution in [2.45, 2.75) is 24.5 Å². The average Bonchev–Trinajstić information content (AvgIpc) is 3.39. The highest BCUT2D eigenvalue weighted by atomic mass is 35.5. The maximum atomic E-state index is 11.8. The summed E-state index contributed by atoms with van der Waals surface area (Å²) < 4.78 is 24.2. The summed E-state index contributed by atoms with van der Waals surface area (Å²) in [6.07, 6.45) is 6.56. The van der Waals surface area contributed by atoms with Gasteiger partial charge in [-0.1, -0.05) is 25.4 Å². The molecule has 0 aromatic carbocycles. The molecule has 0 fully saturated rings. The molecule has 0 aliphatic heterocycles. The van der Waals surface area contributed by atoms with Crippen molar-refractivity contribution in [3.05, 3.63) is 64.3 Å². The molecule has 0 saturated carbocycles. The lowest BCUT2D eigenvalue weighted by atomic mass is 10.4. The highest BCUT2D eigenvalue weighted by molar-refractivity contribution is 7.90. The summed E-state index contributed by atoms with van der Waals surface area (Å²) in [5, 5.41) is 7.63. The molecule has 0 atom stereocenters. The first-order chi connectivity index (χ1) is 12.5. The van der Waals surface area contributed by atoms with Crippen LogP contribution in [0.1, 0.15) is 18.7 Å². The van der Waals surface area contributed by atoms with Gasteiger partial charge in [0.2, 0.25) is 0 Å². The van der Waals surface area contributed by atoms with E-state index >= 15 is 0 Å². The fraction of sp³-hybridized carbons (Fsp3) is 0.176. The van der Waals surface area contributed by atoms with Gasteiger partial charge in [-0.05, 0) is 30.3 Å². The fourth-order valence-corrected chi connectivity index (χ4v) is 4.72. The van der Waals surface area contributed by atoms with E-state index in [4.69, 9.17) is 11.6 Å². The van der Waals surface area contributed by atoms with Gasteiger partial charge in [-0.15, -0.1) is 11.3 Å². The molecule has 0 spiro atoms. The number of nitrogens with zero attached hydrogens (tertiary/aromatic N) is 2. The van der Waals surface area contributed by atoms with E-state index < -0.39 is 9.84 Å². The van der Waals surface area contributed by atoms with Gasteiger partial charge >= 0.3 is 0 Å². The minimum Gasteiger partial charge on any atom is -0.366 e. The van der Waals surface area contributed by atoms with Crippen LogP contribution in [0.2, 0.25) is 4.34 Å². The third-order valence-corrected chi connectivity index (χ3v) is 6.18. The van der Waals surface area contributed by atoms with Crippen molar-refractivity contribution in [1.82, 2.24) is 20.2 Å². The number of thiophene rings is 1. The van der Waals surface area contributed by atoms with E-state index in [0.717, 1.165) is 15.9 Å². The van der Waals surface area contributed by atoms with Crippen LogP contribution in [0.5, 0.6) is 0 Å². The van der Waals surface area contributed by atoms with Gasteiger partial charge < -0.3 is 4.98 Å². The van der Waals surface area contributed by atoms with Crippen LogP contribution in [0.15, 0.2) is 60.0 Å². The molecule has 0 radical (unpaired) electrons. The topological polar surface area (TPSA) is 91.5 Å². The van der Waals surface area contributed by atoms with Gasteiger partial charge in [0.05, 0.1) is 21.2 Å². The Morgan fingerprint density at radius 1 is 1.19 bits per heavy atom. The van der Waals surface area contributed by atoms with Crippen molar-refractivity contribution in [3.63, 3.8) is 0 Å². The maximum Gasteiger partial charge on any atom is 0.184 e. The highest BCUT2D eigenvalue weighted by Gasteiger charge is 2.16. The van der Waals surface area contributed by atoms with Crippen molar-refractivity contribution >= 4 is 43.8 Å². The quantitative estimate of drug-likeness (QED) is 0.512. The third-order valence-electron chi connectivity index (χ3n) is 3.10. The Balaban J connectivity index is 0.000000188. The number of hydrogen-bond donors (Lipinski definition) is 2. The average molecular weight is 411 g/mol. The van der Waals surface area contributed by atoms with Crippen LogP contribution in [0, 0.1) is 0 Å². The number of rotatable bonds is 3. The van der Waals surface area contributed by atoms with E-state index in [2.05, 4.69) is 20.2 Å². The number of halogens is 1. The van der Waals surface area contributed by atoms with Crippen LogP contribution in [0.4, 0.5) is 0 Å². The molecule has 4 aromatic heterocycles. The number of hydrogen-bond acceptors (Lipinski definition) is 5. The lowest BCUT2D eigenvalue weighted by Crippen LogP contribution is -2.02. The maximum absolute atomic E-state index is 11.8. The Labute approximate surface area is 161 Å². The molecule has 4 aromatic rings. The predicted octanol–water partition coefficient (Wildman–Crippen LogP) is 4.69. The molecule has 0 aliphatic rings. The zero-order chi connectivity index (χ0) is 19.0. The number of sulfone groups is 1. The number of aromatic nitrogens is 4. The Kier molecular flexibility index (Phi) is 7.38. The molecular weight excluding hydrogens is 392 g/mol. The van der Waals surface area contributed by atoms with E-state index in [1.165, 1.54) is 17.5 Å². The van der Waals surface area contributed by atoms with Gasteiger partial charge in [0.25, 0.3) is 0 Å². The molecule has 0 aliphatic carbocycles. The molecule has 138 valence electrons. The Morgan fingerprint density at radius 3 is 2.62 bits per heavy atom. The first-order valence-corrected chi connectivity index (χ1v) is 10.7. The van der Waals surface area contributed by atoms with Crippen LogP contribution in [0.25, 0.3) is 11.0 Å². The molecule has 0 bridgehead atoms. The van der Waals surface area contributed by atoms with Gasteiger partial charge in [-0.2, -0.15) is 5.10 Å². The van der Waals surface area contributed by atoms with Gasteiger partial charge in [0, 0.05) is 28.9 Å². The number of nitrogens with one attached hydrogen (secondary N) is 2. The SMILES string of the molecule is CC.O=S(=O)(Cc1ccc(Cl)s1)c1cc[nH]c1.c1cnc2[nH]ncc2c1. The summed E-state index contributed by atoms with van der Waals surface area (Å²) in [5.41, 5.74) is 0.845. The smallest absolute Gasteiger partial charge is 0.184 e. The number of pyridine rings is 1. The van der Waals surface area contributed by atoms with Crippen molar-refractivity contribution in [2.75, 3.05) is 0 Å². The molecule has 4 heterocycles. The largest absolute Gasteiger partial charge is 0.366 e. The molecule has 6 nitrogen and oxygen atoms in total. The van der Waals surface area contributed by atoms with Crippen LogP contribution in [-0.4, -0.2) is 28.6 Å². The lowest BCUT2D eigenvalue weighted by Gasteiger charge is -1.98. The normalized spacial score (nSPS) is 10.6. The second-order valence-electron chi connectivity index (χ2n) is 4.82. The van der Waals surface area contributed by atoms with Crippen molar-refractivity contribution in [2.24, 2.45) is 0 Å². The Morgan fingerprint density at radius 2 is 2.00 bits per heavy atom. The van der Waals surface area contributed by atoms with Crippen LogP contribution in [-0.2, 0) is 15.6 Å². The van der Waals surface area contributed by atoms with Crippen molar-refractivity contribution in [1.29, 1.82) is 0 Å². The van der Waals surface area contributed by atoms with Gasteiger partial charge in [0.15, 0.2) is 15.5 Å². The monoisotopic (exact) mass is 410 g/mol. The molecule has 26 heavy (non-hydrogen) atoms. The van der Waals surface area contributed by atoms with Gasteiger partial charge in [0.1, 0.15) is 0 Å². The minimum atomic E-state index is -3.24. The van der Waals surface area contributed by atoms with E-state index in [1.54, 1.807) is 36.8 Å². The van der Waals surface area contributed by atoms with Crippen LogP contribution in [0.3, 0.4) is 0 Å². The van der Waals surface area contributed by atoms with E-state index in [9.17, 15) is 8.42 Å². The molecular formula is C17H19ClN4O2S2. The highest BCUT2D eigenvalue weighted by Crippen LogP contribution is 2.25. The second-order valence-corrected chi connectivity index (χ2v) is 8.61. The summed E-state index contributed by atoms with van der Waals surface area (Å²) >= 11 is 7.02. The Bertz CT molecular complexity index is 994. The summed E-state index contributed by atoms with van der Waals surface area (Å²) in [6.45, 7) is 4.00. The summed E-state index contributed by atoms with van der Waals surface area (Å²) in [4.78, 5) is 7.81. The first-order valence-electron chi connectivity index (χ1n) is 7.88. The summed E-state index contributed by atoms with van der Waals surface area (Å²) in [7, 11) is -3.24. The molecule has 4 rings (SSSR count). The number of aromatic amines is 2. The molecule has 0 saturated heterocycles. The molecule has 9 heteroatoms. The second kappa shape index (κ2) is 9.51. The third kappa shape index (κ3) is 5.42. The first kappa shape index (κ1) is 20.2. The standard InChI is InChI=1S/C9H8ClNO2S2.C6H5N3.C2H6/c10-9-2-1-7(14-9)6-15(12,13)8-3-4-11-5-8;1-2-5-4-8-9-6(5)7-3-1;1-2/h1-5,11H,6H2;1-4H,(H,7,8,9);1-2H3. The van der Waals surface area contributed by atoms with E-state index in [-0.39, 0.29) is 5.75 Å². The summed E-state index contributed by atoms with van der Waals surface area (Å²) in [5.74, 6) is 0.00222. The fourth-order valence-electron chi connectivity index (χ4n) is 1.98. The zero-order valence-corrected chi connectivity index (χ0v) is 16.7. The molecule has 0 unspecified atom stereocenters. The minimum absolute atomic E-state index is 0.00222. The van der Waals surface area contributed by atoms with E-state index in [0.29, 0.717) is 9.23 Å². The lowest BCUT2D eigenvalue weighted by molar-refractivity contribution is 0.596. The van der Waals surface area contributed by atoms with Crippen LogP contribution >= 0.6 is 22.9 Å². The molecule has 0 amide bonds. The zero-order valence-electron chi connectivity index (χ0n) is 14.3. The van der Waals surface area contributed by atoms with E-state index in [1.807, 2.05) is 26.0 Å². The van der Waals surface area contributed by atoms with Crippen molar-refractivity contribution in [3.8, 4) is 0 Å². The molecule has 2 N–H and O–H groups in total. The number of fused-ring (bicyclic) bond motifs is 1. The number of H-pyrrole nitrogens is 2. The Hall–Kier alpha value is -2.16. The predicted molar refractivity (Wildman–Crippen MR) is 106 cm³/mol. The van der Waals surface area contributed by atoms with Crippen LogP contribution < -0.4 is 0 Å². The summed E-state index contributed by atoms with van der Waals surface area (Å²) in [6, 6.07) is 8.83. The van der Waals surface area contributed by atoms with Gasteiger partial charge in [-0.25, -0.2) is 13.4 Å².